The number of carbonyl (C=O) groups is 2. The van der Waals surface area contributed by atoms with E-state index in [1.54, 1.807) is 13.8 Å². The van der Waals surface area contributed by atoms with Crippen LogP contribution in [-0.4, -0.2) is 36.1 Å². The van der Waals surface area contributed by atoms with Gasteiger partial charge in [-0.1, -0.05) is 0 Å². The Hall–Kier alpha value is -1.63. The molecule has 1 aliphatic rings. The predicted molar refractivity (Wildman–Crippen MR) is 72.5 cm³/mol. The molecule has 19 heavy (non-hydrogen) atoms. The second kappa shape index (κ2) is 6.01. The van der Waals surface area contributed by atoms with E-state index in [4.69, 9.17) is 4.74 Å². The van der Waals surface area contributed by atoms with Crippen LogP contribution in [0.5, 0.6) is 0 Å². The Bertz CT molecular complexity index is 483. The van der Waals surface area contributed by atoms with Crippen molar-refractivity contribution in [3.63, 3.8) is 0 Å². The quantitative estimate of drug-likeness (QED) is 0.770. The number of carbonyl (C=O) groups excluding carboxylic acids is 2. The minimum Gasteiger partial charge on any atom is -0.461 e. The third kappa shape index (κ3) is 3.92. The van der Waals surface area contributed by atoms with Gasteiger partial charge < -0.3 is 15.4 Å². The molecule has 2 N–H and O–H groups in total. The Morgan fingerprint density at radius 2 is 2.21 bits per heavy atom. The summed E-state index contributed by atoms with van der Waals surface area (Å²) < 4.78 is 4.91. The smallest absolute Gasteiger partial charge is 0.358 e. The van der Waals surface area contributed by atoms with Crippen molar-refractivity contribution in [1.29, 1.82) is 0 Å². The molecule has 1 aliphatic carbocycles. The highest BCUT2D eigenvalue weighted by atomic mass is 32.1. The molecule has 1 saturated carbocycles. The third-order valence-electron chi connectivity index (χ3n) is 2.61. The second-order valence-corrected chi connectivity index (χ2v) is 5.54. The van der Waals surface area contributed by atoms with E-state index in [-0.39, 0.29) is 12.5 Å². The normalized spacial score (nSPS) is 14.0. The number of thiazole rings is 1. The van der Waals surface area contributed by atoms with Crippen molar-refractivity contribution in [3.05, 3.63) is 10.6 Å². The van der Waals surface area contributed by atoms with Gasteiger partial charge in [-0.3, -0.25) is 4.79 Å². The maximum absolute atomic E-state index is 11.6. The molecule has 1 heterocycles. The molecule has 0 saturated heterocycles. The number of ether oxygens (including phenoxy) is 1. The first-order valence-electron chi connectivity index (χ1n) is 6.28. The Morgan fingerprint density at radius 3 is 2.84 bits per heavy atom. The zero-order chi connectivity index (χ0) is 13.8. The molecule has 0 unspecified atom stereocenters. The fraction of sp³-hybridized carbons (Fsp3) is 0.583. The van der Waals surface area contributed by atoms with Crippen LogP contribution in [0, 0.1) is 6.92 Å². The van der Waals surface area contributed by atoms with E-state index in [2.05, 4.69) is 15.6 Å². The van der Waals surface area contributed by atoms with Crippen molar-refractivity contribution < 1.29 is 14.3 Å². The fourth-order valence-corrected chi connectivity index (χ4v) is 2.32. The number of aryl methyl sites for hydroxylation is 1. The topological polar surface area (TPSA) is 80.3 Å². The van der Waals surface area contributed by atoms with Crippen molar-refractivity contribution in [2.24, 2.45) is 0 Å². The summed E-state index contributed by atoms with van der Waals surface area (Å²) in [5, 5.41) is 6.36. The number of hydrogen-bond donors (Lipinski definition) is 2. The number of amides is 1. The maximum Gasteiger partial charge on any atom is 0.358 e. The highest BCUT2D eigenvalue weighted by Crippen LogP contribution is 2.22. The number of nitrogens with one attached hydrogen (secondary N) is 2. The summed E-state index contributed by atoms with van der Waals surface area (Å²) in [6.07, 6.45) is 2.13. The molecule has 0 aromatic carbocycles. The molecule has 1 amide bonds. The van der Waals surface area contributed by atoms with Gasteiger partial charge >= 0.3 is 5.97 Å². The molecular weight excluding hydrogens is 266 g/mol. The summed E-state index contributed by atoms with van der Waals surface area (Å²) >= 11 is 1.34. The van der Waals surface area contributed by atoms with Gasteiger partial charge in [0.05, 0.1) is 13.2 Å². The fourth-order valence-electron chi connectivity index (χ4n) is 1.52. The molecule has 2 rings (SSSR count). The summed E-state index contributed by atoms with van der Waals surface area (Å²) in [5.74, 6) is -0.472. The number of aromatic nitrogens is 1. The van der Waals surface area contributed by atoms with Crippen LogP contribution in [0.4, 0.5) is 5.13 Å². The van der Waals surface area contributed by atoms with Crippen LogP contribution in [0.25, 0.3) is 0 Å². The molecule has 0 spiro atoms. The van der Waals surface area contributed by atoms with Gasteiger partial charge in [-0.25, -0.2) is 9.78 Å². The Labute approximate surface area is 115 Å². The minimum atomic E-state index is -0.424. The zero-order valence-corrected chi connectivity index (χ0v) is 11.8. The van der Waals surface area contributed by atoms with E-state index in [1.165, 1.54) is 11.3 Å². The van der Waals surface area contributed by atoms with Gasteiger partial charge in [0, 0.05) is 10.9 Å². The van der Waals surface area contributed by atoms with Gasteiger partial charge in [-0.2, -0.15) is 0 Å². The highest BCUT2D eigenvalue weighted by molar-refractivity contribution is 7.15. The summed E-state index contributed by atoms with van der Waals surface area (Å²) in [7, 11) is 0. The van der Waals surface area contributed by atoms with Crippen molar-refractivity contribution >= 4 is 28.3 Å². The molecule has 0 atom stereocenters. The first kappa shape index (κ1) is 13.8. The van der Waals surface area contributed by atoms with E-state index in [1.807, 2.05) is 0 Å². The molecule has 0 aliphatic heterocycles. The molecule has 0 radical (unpaired) electrons. The van der Waals surface area contributed by atoms with Crippen molar-refractivity contribution in [2.45, 2.75) is 32.7 Å². The molecule has 6 nitrogen and oxygen atoms in total. The monoisotopic (exact) mass is 283 g/mol. The van der Waals surface area contributed by atoms with Crippen molar-refractivity contribution in [1.82, 2.24) is 10.3 Å². The Balaban J connectivity index is 1.88. The van der Waals surface area contributed by atoms with E-state index in [9.17, 15) is 9.59 Å². The second-order valence-electron chi connectivity index (χ2n) is 4.34. The van der Waals surface area contributed by atoms with Crippen LogP contribution in [-0.2, 0) is 9.53 Å². The van der Waals surface area contributed by atoms with Gasteiger partial charge in [0.25, 0.3) is 0 Å². The van der Waals surface area contributed by atoms with Gasteiger partial charge in [0.2, 0.25) is 5.91 Å². The van der Waals surface area contributed by atoms with Gasteiger partial charge in [0.1, 0.15) is 0 Å². The van der Waals surface area contributed by atoms with Crippen molar-refractivity contribution in [2.75, 3.05) is 18.5 Å². The molecule has 104 valence electrons. The average Bonchev–Trinajstić information content (AvgIpc) is 3.08. The lowest BCUT2D eigenvalue weighted by atomic mass is 10.4. The average molecular weight is 283 g/mol. The van der Waals surface area contributed by atoms with Crippen LogP contribution < -0.4 is 10.6 Å². The molecule has 0 bridgehead atoms. The highest BCUT2D eigenvalue weighted by Gasteiger charge is 2.23. The van der Waals surface area contributed by atoms with Crippen molar-refractivity contribution in [3.8, 4) is 0 Å². The number of anilines is 1. The third-order valence-corrected chi connectivity index (χ3v) is 3.54. The van der Waals surface area contributed by atoms with E-state index >= 15 is 0 Å². The predicted octanol–water partition coefficient (Wildman–Crippen LogP) is 1.32. The largest absolute Gasteiger partial charge is 0.461 e. The Morgan fingerprint density at radius 1 is 1.47 bits per heavy atom. The van der Waals surface area contributed by atoms with Crippen LogP contribution in [0.15, 0.2) is 0 Å². The summed E-state index contributed by atoms with van der Waals surface area (Å²) in [5.41, 5.74) is 0.317. The summed E-state index contributed by atoms with van der Waals surface area (Å²) in [6, 6.07) is 0.349. The number of nitrogens with zero attached hydrogens (tertiary/aromatic N) is 1. The van der Waals surface area contributed by atoms with Crippen LogP contribution in [0.2, 0.25) is 0 Å². The van der Waals surface area contributed by atoms with E-state index in [0.717, 1.165) is 17.7 Å². The van der Waals surface area contributed by atoms with E-state index < -0.39 is 5.97 Å². The Kier molecular flexibility index (Phi) is 4.36. The lowest BCUT2D eigenvalue weighted by Crippen LogP contribution is -2.31. The first-order valence-corrected chi connectivity index (χ1v) is 7.09. The molecule has 1 aromatic rings. The maximum atomic E-state index is 11.6. The number of hydrogen-bond acceptors (Lipinski definition) is 6. The van der Waals surface area contributed by atoms with Gasteiger partial charge in [-0.05, 0) is 26.7 Å². The van der Waals surface area contributed by atoms with Gasteiger partial charge in [-0.15, -0.1) is 11.3 Å². The summed E-state index contributed by atoms with van der Waals surface area (Å²) in [6.45, 7) is 4.05. The number of esters is 1. The summed E-state index contributed by atoms with van der Waals surface area (Å²) in [4.78, 5) is 28.0. The van der Waals surface area contributed by atoms with E-state index in [0.29, 0.717) is 23.5 Å². The van der Waals surface area contributed by atoms with Crippen LogP contribution in [0.3, 0.4) is 0 Å². The van der Waals surface area contributed by atoms with Crippen LogP contribution in [0.1, 0.15) is 35.1 Å². The molecule has 7 heteroatoms. The lowest BCUT2D eigenvalue weighted by Gasteiger charge is -2.03. The zero-order valence-electron chi connectivity index (χ0n) is 11.0. The molecule has 1 aromatic heterocycles. The molecule has 1 fully saturated rings. The van der Waals surface area contributed by atoms with Crippen LogP contribution >= 0.6 is 11.3 Å². The molecular formula is C12H17N3O3S. The lowest BCUT2D eigenvalue weighted by molar-refractivity contribution is -0.119. The minimum absolute atomic E-state index is 0.0481. The standard InChI is InChI=1S/C12H17N3O3S/c1-3-18-11(17)10-7(2)19-12(15-10)13-6-9(16)14-8-4-5-8/h8H,3-6H2,1-2H3,(H,13,15)(H,14,16). The first-order chi connectivity index (χ1) is 9.10. The SMILES string of the molecule is CCOC(=O)c1nc(NCC(=O)NC2CC2)sc1C. The number of rotatable bonds is 6. The van der Waals surface area contributed by atoms with Gasteiger partial charge in [0.15, 0.2) is 10.8 Å².